The first-order valence-electron chi connectivity index (χ1n) is 9.60. The lowest BCUT2D eigenvalue weighted by Crippen LogP contribution is -2.51. The number of carboxylic acid groups (broad SMARTS) is 1. The molecule has 3 unspecified atom stereocenters. The highest BCUT2D eigenvalue weighted by atomic mass is 16.5. The number of hydrogen-bond donors (Lipinski definition) is 3. The molecule has 0 bridgehead atoms. The Morgan fingerprint density at radius 2 is 1.77 bits per heavy atom. The highest BCUT2D eigenvalue weighted by Gasteiger charge is 2.41. The van der Waals surface area contributed by atoms with Gasteiger partial charge in [-0.05, 0) is 18.1 Å². The second-order valence-corrected chi connectivity index (χ2v) is 7.04. The molecular weight excluding hydrogens is 404 g/mol. The van der Waals surface area contributed by atoms with E-state index in [1.165, 1.54) is 21.1 Å². The molecule has 0 aromatic heterocycles. The number of aliphatic carboxylic acids is 1. The highest BCUT2D eigenvalue weighted by Crippen LogP contribution is 2.40. The molecule has 1 amide bonds. The van der Waals surface area contributed by atoms with Gasteiger partial charge in [-0.3, -0.25) is 19.7 Å². The number of carbonyl (C=O) groups is 3. The summed E-state index contributed by atoms with van der Waals surface area (Å²) in [4.78, 5) is 36.4. The Labute approximate surface area is 179 Å². The molecule has 2 aromatic rings. The first kappa shape index (κ1) is 22.1. The van der Waals surface area contributed by atoms with Crippen LogP contribution in [0.3, 0.4) is 0 Å². The van der Waals surface area contributed by atoms with Crippen molar-refractivity contribution >= 4 is 23.5 Å². The lowest BCUT2D eigenvalue weighted by molar-refractivity contribution is -0.155. The van der Waals surface area contributed by atoms with Crippen LogP contribution in [0.15, 0.2) is 42.5 Å². The van der Waals surface area contributed by atoms with E-state index in [2.05, 4.69) is 10.6 Å². The molecular formula is C22H24N2O7. The van der Waals surface area contributed by atoms with Crippen LogP contribution in [0.25, 0.3) is 0 Å². The second-order valence-electron chi connectivity index (χ2n) is 7.04. The van der Waals surface area contributed by atoms with Gasteiger partial charge < -0.3 is 24.6 Å². The topological polar surface area (TPSA) is 123 Å². The number of amides is 1. The normalized spacial score (nSPS) is 18.4. The third kappa shape index (κ3) is 4.95. The number of anilines is 1. The van der Waals surface area contributed by atoms with E-state index in [-0.39, 0.29) is 6.42 Å². The average Bonchev–Trinajstić information content (AvgIpc) is 2.74. The van der Waals surface area contributed by atoms with Crippen LogP contribution in [0.5, 0.6) is 11.5 Å². The van der Waals surface area contributed by atoms with Gasteiger partial charge in [-0.25, -0.2) is 0 Å². The lowest BCUT2D eigenvalue weighted by Gasteiger charge is -2.35. The van der Waals surface area contributed by atoms with Crippen molar-refractivity contribution in [3.05, 3.63) is 53.6 Å². The van der Waals surface area contributed by atoms with Gasteiger partial charge in [-0.1, -0.05) is 30.3 Å². The molecule has 0 saturated carbocycles. The molecule has 31 heavy (non-hydrogen) atoms. The molecule has 3 rings (SSSR count). The molecule has 1 heterocycles. The van der Waals surface area contributed by atoms with Crippen LogP contribution >= 0.6 is 0 Å². The van der Waals surface area contributed by atoms with E-state index in [4.69, 9.17) is 14.2 Å². The minimum atomic E-state index is -1.26. The van der Waals surface area contributed by atoms with Gasteiger partial charge in [0.15, 0.2) is 17.6 Å². The Kier molecular flexibility index (Phi) is 6.76. The minimum absolute atomic E-state index is 0.170. The summed E-state index contributed by atoms with van der Waals surface area (Å²) in [7, 11) is 2.93. The summed E-state index contributed by atoms with van der Waals surface area (Å²) in [5, 5.41) is 15.5. The monoisotopic (exact) mass is 428 g/mol. The fourth-order valence-electron chi connectivity index (χ4n) is 3.54. The van der Waals surface area contributed by atoms with Gasteiger partial charge in [0.1, 0.15) is 6.04 Å². The number of rotatable bonds is 8. The van der Waals surface area contributed by atoms with Gasteiger partial charge in [0.05, 0.1) is 20.3 Å². The molecule has 0 saturated heterocycles. The molecule has 9 nitrogen and oxygen atoms in total. The predicted molar refractivity (Wildman–Crippen MR) is 111 cm³/mol. The highest BCUT2D eigenvalue weighted by molar-refractivity contribution is 5.99. The van der Waals surface area contributed by atoms with Crippen molar-refractivity contribution in [3.8, 4) is 11.5 Å². The zero-order valence-corrected chi connectivity index (χ0v) is 17.4. The van der Waals surface area contributed by atoms with Gasteiger partial charge in [0.2, 0.25) is 0 Å². The number of carbonyl (C=O) groups excluding carboxylic acids is 2. The summed E-state index contributed by atoms with van der Waals surface area (Å²) < 4.78 is 15.9. The molecule has 9 heteroatoms. The molecule has 2 aromatic carbocycles. The number of benzene rings is 2. The Hall–Kier alpha value is -3.59. The number of nitrogens with one attached hydrogen (secondary N) is 2. The molecule has 0 spiro atoms. The Morgan fingerprint density at radius 3 is 2.35 bits per heavy atom. The van der Waals surface area contributed by atoms with Gasteiger partial charge in [0, 0.05) is 24.2 Å². The number of fused-ring (bicyclic) bond motifs is 1. The Morgan fingerprint density at radius 1 is 1.13 bits per heavy atom. The van der Waals surface area contributed by atoms with Gasteiger partial charge in [-0.2, -0.15) is 0 Å². The summed E-state index contributed by atoms with van der Waals surface area (Å²) in [6.07, 6.45) is -1.09. The average molecular weight is 428 g/mol. The largest absolute Gasteiger partial charge is 0.493 e. The fourth-order valence-corrected chi connectivity index (χ4v) is 3.54. The summed E-state index contributed by atoms with van der Waals surface area (Å²) in [6.45, 7) is 1.19. The van der Waals surface area contributed by atoms with E-state index in [9.17, 15) is 19.5 Å². The van der Waals surface area contributed by atoms with E-state index >= 15 is 0 Å². The van der Waals surface area contributed by atoms with Crippen molar-refractivity contribution < 1.29 is 33.7 Å². The zero-order valence-electron chi connectivity index (χ0n) is 17.4. The molecule has 0 fully saturated rings. The Bertz CT molecular complexity index is 977. The van der Waals surface area contributed by atoms with Crippen molar-refractivity contribution in [1.82, 2.24) is 5.32 Å². The molecule has 0 radical (unpaired) electrons. The van der Waals surface area contributed by atoms with Crippen LogP contribution in [-0.4, -0.2) is 49.3 Å². The van der Waals surface area contributed by atoms with Crippen LogP contribution < -0.4 is 20.1 Å². The maximum absolute atomic E-state index is 12.7. The molecule has 1 aliphatic rings. The lowest BCUT2D eigenvalue weighted by atomic mass is 9.92. The minimum Gasteiger partial charge on any atom is -0.493 e. The second kappa shape index (κ2) is 9.48. The van der Waals surface area contributed by atoms with Gasteiger partial charge >= 0.3 is 11.9 Å². The van der Waals surface area contributed by atoms with Crippen molar-refractivity contribution in [1.29, 1.82) is 0 Å². The third-order valence-corrected chi connectivity index (χ3v) is 4.96. The number of esters is 1. The first-order chi connectivity index (χ1) is 14.8. The summed E-state index contributed by atoms with van der Waals surface area (Å²) in [5.41, 5.74) is 1.73. The van der Waals surface area contributed by atoms with Crippen LogP contribution in [0.4, 0.5) is 5.69 Å². The molecule has 164 valence electrons. The molecule has 0 aliphatic carbocycles. The van der Waals surface area contributed by atoms with E-state index in [0.29, 0.717) is 22.7 Å². The molecule has 3 N–H and O–H groups in total. The molecule has 3 atom stereocenters. The standard InChI is InChI=1S/C22H24N2O7/c1-12(25)31-20-19(23-16(22(27)28)9-13-7-5-4-6-8-13)14-10-17(29-2)18(30-3)11-15(14)24-21(20)26/h4-8,10-11,16,19-20,23H,9H2,1-3H3,(H,24,26)(H,27,28). The van der Waals surface area contributed by atoms with Gasteiger partial charge in [-0.15, -0.1) is 0 Å². The number of ether oxygens (including phenoxy) is 3. The molecule has 1 aliphatic heterocycles. The SMILES string of the molecule is COc1cc2c(cc1OC)C(NC(Cc1ccccc1)C(=O)O)C(OC(C)=O)C(=O)N2. The number of carboxylic acids is 1. The number of hydrogen-bond acceptors (Lipinski definition) is 7. The predicted octanol–water partition coefficient (Wildman–Crippen LogP) is 1.91. The maximum Gasteiger partial charge on any atom is 0.321 e. The first-order valence-corrected chi connectivity index (χ1v) is 9.60. The van der Waals surface area contributed by atoms with Crippen LogP contribution in [0, 0.1) is 0 Å². The Balaban J connectivity index is 2.03. The van der Waals surface area contributed by atoms with E-state index in [1.54, 1.807) is 12.1 Å². The number of methoxy groups -OCH3 is 2. The smallest absolute Gasteiger partial charge is 0.321 e. The van der Waals surface area contributed by atoms with E-state index in [0.717, 1.165) is 5.56 Å². The van der Waals surface area contributed by atoms with E-state index in [1.807, 2.05) is 30.3 Å². The summed E-state index contributed by atoms with van der Waals surface area (Å²) in [6, 6.07) is 10.3. The third-order valence-electron chi connectivity index (χ3n) is 4.96. The van der Waals surface area contributed by atoms with Crippen LogP contribution in [0.2, 0.25) is 0 Å². The van der Waals surface area contributed by atoms with E-state index < -0.39 is 36.0 Å². The summed E-state index contributed by atoms with van der Waals surface area (Å²) in [5.74, 6) is -1.55. The maximum atomic E-state index is 12.7. The van der Waals surface area contributed by atoms with Gasteiger partial charge in [0.25, 0.3) is 5.91 Å². The van der Waals surface area contributed by atoms with Crippen molar-refractivity contribution in [2.75, 3.05) is 19.5 Å². The van der Waals surface area contributed by atoms with Crippen molar-refractivity contribution in [3.63, 3.8) is 0 Å². The quantitative estimate of drug-likeness (QED) is 0.545. The summed E-state index contributed by atoms with van der Waals surface area (Å²) >= 11 is 0. The van der Waals surface area contributed by atoms with Crippen molar-refractivity contribution in [2.45, 2.75) is 31.5 Å². The van der Waals surface area contributed by atoms with Crippen LogP contribution in [0.1, 0.15) is 24.1 Å². The fraction of sp³-hybridized carbons (Fsp3) is 0.318. The van der Waals surface area contributed by atoms with Crippen LogP contribution in [-0.2, 0) is 25.5 Å². The van der Waals surface area contributed by atoms with Crippen molar-refractivity contribution in [2.24, 2.45) is 0 Å². The zero-order chi connectivity index (χ0) is 22.5.